The van der Waals surface area contributed by atoms with Gasteiger partial charge in [0.2, 0.25) is 0 Å². The van der Waals surface area contributed by atoms with Crippen molar-refractivity contribution in [3.63, 3.8) is 0 Å². The molecule has 0 aromatic rings. The smallest absolute Gasteiger partial charge is 0.0128 e. The van der Waals surface area contributed by atoms with Crippen molar-refractivity contribution < 1.29 is 0 Å². The van der Waals surface area contributed by atoms with Gasteiger partial charge in [-0.3, -0.25) is 0 Å². The molecule has 0 aromatic heterocycles. The van der Waals surface area contributed by atoms with Crippen LogP contribution in [0, 0.1) is 23.7 Å². The number of rotatable bonds is 0. The summed E-state index contributed by atoms with van der Waals surface area (Å²) in [6.45, 7) is 13.2. The zero-order valence-electron chi connectivity index (χ0n) is 11.3. The second kappa shape index (κ2) is 4.66. The van der Waals surface area contributed by atoms with Crippen molar-refractivity contribution in [1.29, 1.82) is 0 Å². The van der Waals surface area contributed by atoms with E-state index in [1.54, 1.807) is 0 Å². The first-order chi connectivity index (χ1) is 7.49. The molecular formula is C14H28N2. The highest BCUT2D eigenvalue weighted by molar-refractivity contribution is 4.94. The van der Waals surface area contributed by atoms with E-state index in [2.05, 4.69) is 38.3 Å². The van der Waals surface area contributed by atoms with Gasteiger partial charge in [-0.15, -0.1) is 0 Å². The van der Waals surface area contributed by atoms with Gasteiger partial charge in [-0.2, -0.15) is 0 Å². The lowest BCUT2D eigenvalue weighted by Gasteiger charge is -2.33. The maximum absolute atomic E-state index is 3.74. The van der Waals surface area contributed by atoms with Crippen LogP contribution in [0.5, 0.6) is 0 Å². The van der Waals surface area contributed by atoms with Gasteiger partial charge in [-0.25, -0.2) is 0 Å². The van der Waals surface area contributed by atoms with Crippen LogP contribution in [0.15, 0.2) is 0 Å². The molecule has 0 saturated carbocycles. The molecule has 4 atom stereocenters. The van der Waals surface area contributed by atoms with Gasteiger partial charge in [-0.1, -0.05) is 13.8 Å². The Morgan fingerprint density at radius 3 is 2.50 bits per heavy atom. The maximum Gasteiger partial charge on any atom is 0.0128 e. The third-order valence-corrected chi connectivity index (χ3v) is 4.82. The Morgan fingerprint density at radius 1 is 1.00 bits per heavy atom. The molecule has 2 aliphatic heterocycles. The Hall–Kier alpha value is -0.0800. The highest BCUT2D eigenvalue weighted by Gasteiger charge is 2.38. The summed E-state index contributed by atoms with van der Waals surface area (Å²) in [5.41, 5.74) is 0.326. The minimum Gasteiger partial charge on any atom is -0.316 e. The van der Waals surface area contributed by atoms with Gasteiger partial charge >= 0.3 is 0 Å². The first kappa shape index (κ1) is 12.4. The van der Waals surface area contributed by atoms with Crippen molar-refractivity contribution in [3.05, 3.63) is 0 Å². The molecular weight excluding hydrogens is 196 g/mol. The zero-order valence-corrected chi connectivity index (χ0v) is 11.3. The van der Waals surface area contributed by atoms with Crippen LogP contribution >= 0.6 is 0 Å². The lowest BCUT2D eigenvalue weighted by atomic mass is 9.72. The van der Waals surface area contributed by atoms with E-state index in [1.807, 2.05) is 0 Å². The first-order valence-corrected chi connectivity index (χ1v) is 6.95. The molecule has 0 aromatic carbocycles. The van der Waals surface area contributed by atoms with E-state index < -0.39 is 0 Å². The monoisotopic (exact) mass is 224 g/mol. The topological polar surface area (TPSA) is 24.1 Å². The van der Waals surface area contributed by atoms with Gasteiger partial charge in [0.15, 0.2) is 0 Å². The van der Waals surface area contributed by atoms with Gasteiger partial charge < -0.3 is 10.6 Å². The van der Waals surface area contributed by atoms with E-state index in [0.717, 1.165) is 23.7 Å². The molecule has 2 rings (SSSR count). The standard InChI is InChI=1S/C14H28N2/c1-10-5-6-15-9-13-11(2)8-16-14(3,4)7-12(10)13/h10-13,15-16H,5-9H2,1-4H3. The molecule has 2 heterocycles. The van der Waals surface area contributed by atoms with E-state index in [-0.39, 0.29) is 0 Å². The maximum atomic E-state index is 3.74. The van der Waals surface area contributed by atoms with E-state index in [4.69, 9.17) is 0 Å². The van der Waals surface area contributed by atoms with Gasteiger partial charge in [0, 0.05) is 5.54 Å². The Labute approximate surface area is 101 Å². The molecule has 0 amide bonds. The molecule has 4 unspecified atom stereocenters. The van der Waals surface area contributed by atoms with Crippen LogP contribution in [-0.2, 0) is 0 Å². The van der Waals surface area contributed by atoms with Gasteiger partial charge in [0.1, 0.15) is 0 Å². The van der Waals surface area contributed by atoms with Crippen LogP contribution in [0.3, 0.4) is 0 Å². The van der Waals surface area contributed by atoms with E-state index >= 15 is 0 Å². The predicted molar refractivity (Wildman–Crippen MR) is 69.5 cm³/mol. The average molecular weight is 224 g/mol. The predicted octanol–water partition coefficient (Wildman–Crippen LogP) is 2.26. The Bertz CT molecular complexity index is 237. The highest BCUT2D eigenvalue weighted by atomic mass is 15.0. The van der Waals surface area contributed by atoms with Crippen molar-refractivity contribution in [2.75, 3.05) is 19.6 Å². The number of hydrogen-bond donors (Lipinski definition) is 2. The molecule has 0 radical (unpaired) electrons. The van der Waals surface area contributed by atoms with Crippen LogP contribution in [0.4, 0.5) is 0 Å². The summed E-state index contributed by atoms with van der Waals surface area (Å²) in [5, 5.41) is 7.37. The third-order valence-electron chi connectivity index (χ3n) is 4.82. The third kappa shape index (κ3) is 2.60. The summed E-state index contributed by atoms with van der Waals surface area (Å²) in [4.78, 5) is 0. The van der Waals surface area contributed by atoms with E-state index in [1.165, 1.54) is 32.5 Å². The molecule has 94 valence electrons. The molecule has 2 saturated heterocycles. The second-order valence-electron chi connectivity index (χ2n) is 6.74. The van der Waals surface area contributed by atoms with Gasteiger partial charge in [0.25, 0.3) is 0 Å². The lowest BCUT2D eigenvalue weighted by Crippen LogP contribution is -2.40. The molecule has 0 bridgehead atoms. The quantitative estimate of drug-likeness (QED) is 0.659. The number of fused-ring (bicyclic) bond motifs is 1. The molecule has 2 aliphatic rings. The summed E-state index contributed by atoms with van der Waals surface area (Å²) < 4.78 is 0. The first-order valence-electron chi connectivity index (χ1n) is 6.95. The molecule has 2 fully saturated rings. The molecule has 0 aliphatic carbocycles. The van der Waals surface area contributed by atoms with Crippen molar-refractivity contribution in [2.45, 2.75) is 46.1 Å². The molecule has 2 heteroatoms. The van der Waals surface area contributed by atoms with E-state index in [0.29, 0.717) is 5.54 Å². The number of hydrogen-bond acceptors (Lipinski definition) is 2. The molecule has 2 N–H and O–H groups in total. The minimum absolute atomic E-state index is 0.326. The van der Waals surface area contributed by atoms with Gasteiger partial charge in [-0.05, 0) is 70.0 Å². The fourth-order valence-electron chi connectivity index (χ4n) is 3.61. The van der Waals surface area contributed by atoms with Crippen LogP contribution in [-0.4, -0.2) is 25.2 Å². The Morgan fingerprint density at radius 2 is 1.75 bits per heavy atom. The lowest BCUT2D eigenvalue weighted by molar-refractivity contribution is 0.183. The van der Waals surface area contributed by atoms with E-state index in [9.17, 15) is 0 Å². The summed E-state index contributed by atoms with van der Waals surface area (Å²) in [7, 11) is 0. The van der Waals surface area contributed by atoms with Crippen LogP contribution in [0.1, 0.15) is 40.5 Å². The van der Waals surface area contributed by atoms with Crippen LogP contribution in [0.25, 0.3) is 0 Å². The Kier molecular flexibility index (Phi) is 3.60. The van der Waals surface area contributed by atoms with Crippen LogP contribution < -0.4 is 10.6 Å². The van der Waals surface area contributed by atoms with Crippen molar-refractivity contribution in [2.24, 2.45) is 23.7 Å². The van der Waals surface area contributed by atoms with Crippen molar-refractivity contribution in [1.82, 2.24) is 10.6 Å². The molecule has 16 heavy (non-hydrogen) atoms. The fourth-order valence-corrected chi connectivity index (χ4v) is 3.61. The minimum atomic E-state index is 0.326. The summed E-state index contributed by atoms with van der Waals surface area (Å²) in [6.07, 6.45) is 2.69. The summed E-state index contributed by atoms with van der Waals surface area (Å²) >= 11 is 0. The normalized spacial score (nSPS) is 44.2. The SMILES string of the molecule is CC1CNC(C)(C)CC2C(C)CCNCC12. The van der Waals surface area contributed by atoms with Crippen LogP contribution in [0.2, 0.25) is 0 Å². The summed E-state index contributed by atoms with van der Waals surface area (Å²) in [5.74, 6) is 3.45. The number of nitrogens with one attached hydrogen (secondary N) is 2. The molecule has 0 spiro atoms. The summed E-state index contributed by atoms with van der Waals surface area (Å²) in [6, 6.07) is 0. The largest absolute Gasteiger partial charge is 0.316 e. The van der Waals surface area contributed by atoms with Crippen molar-refractivity contribution in [3.8, 4) is 0 Å². The Balaban J connectivity index is 2.19. The zero-order chi connectivity index (χ0) is 11.8. The fraction of sp³-hybridized carbons (Fsp3) is 1.00. The second-order valence-corrected chi connectivity index (χ2v) is 6.74. The average Bonchev–Trinajstić information content (AvgIpc) is 2.44. The highest BCUT2D eigenvalue weighted by Crippen LogP contribution is 2.38. The van der Waals surface area contributed by atoms with Gasteiger partial charge in [0.05, 0.1) is 0 Å². The molecule has 2 nitrogen and oxygen atoms in total. The van der Waals surface area contributed by atoms with Crippen molar-refractivity contribution >= 4 is 0 Å².